The number of piperidine rings is 2. The first-order chi connectivity index (χ1) is 11.8. The number of hydrogen-bond acceptors (Lipinski definition) is 4. The quantitative estimate of drug-likeness (QED) is 0.839. The number of hydrogen-bond donors (Lipinski definition) is 1. The van der Waals surface area contributed by atoms with Gasteiger partial charge in [0.25, 0.3) is 0 Å². The lowest BCUT2D eigenvalue weighted by Crippen LogP contribution is -2.53. The maximum absolute atomic E-state index is 10.1. The molecule has 0 radical (unpaired) electrons. The summed E-state index contributed by atoms with van der Waals surface area (Å²) in [6.07, 6.45) is 5.32. The van der Waals surface area contributed by atoms with Gasteiger partial charge in [-0.1, -0.05) is 12.1 Å². The summed E-state index contributed by atoms with van der Waals surface area (Å²) >= 11 is 0. The molecule has 3 aliphatic rings. The van der Waals surface area contributed by atoms with E-state index in [1.807, 2.05) is 0 Å². The Morgan fingerprint density at radius 1 is 0.960 bits per heavy atom. The largest absolute Gasteiger partial charge is 0.494 e. The Morgan fingerprint density at radius 2 is 1.48 bits per heavy atom. The van der Waals surface area contributed by atoms with E-state index in [4.69, 9.17) is 9.31 Å². The maximum atomic E-state index is 10.1. The van der Waals surface area contributed by atoms with Crippen LogP contribution in [0.25, 0.3) is 0 Å². The maximum Gasteiger partial charge on any atom is 0.494 e. The van der Waals surface area contributed by atoms with Crippen molar-refractivity contribution in [2.75, 3.05) is 4.90 Å². The van der Waals surface area contributed by atoms with Crippen molar-refractivity contribution in [1.29, 1.82) is 0 Å². The summed E-state index contributed by atoms with van der Waals surface area (Å²) < 4.78 is 12.3. The lowest BCUT2D eigenvalue weighted by Gasteiger charge is -2.49. The Kier molecular flexibility index (Phi) is 4.17. The van der Waals surface area contributed by atoms with Crippen molar-refractivity contribution in [3.05, 3.63) is 24.3 Å². The van der Waals surface area contributed by atoms with Crippen molar-refractivity contribution < 1.29 is 14.4 Å². The van der Waals surface area contributed by atoms with Crippen molar-refractivity contribution in [2.24, 2.45) is 0 Å². The number of fused-ring (bicyclic) bond motifs is 2. The van der Waals surface area contributed by atoms with Gasteiger partial charge in [-0.2, -0.15) is 0 Å². The molecular weight excluding hydrogens is 313 g/mol. The molecule has 3 saturated heterocycles. The van der Waals surface area contributed by atoms with Crippen LogP contribution in [-0.4, -0.2) is 41.6 Å². The average molecular weight is 343 g/mol. The molecule has 136 valence electrons. The summed E-state index contributed by atoms with van der Waals surface area (Å²) in [5.41, 5.74) is 1.72. The molecule has 2 bridgehead atoms. The van der Waals surface area contributed by atoms with E-state index in [-0.39, 0.29) is 24.4 Å². The minimum Gasteiger partial charge on any atom is -0.399 e. The molecule has 3 heterocycles. The van der Waals surface area contributed by atoms with E-state index in [2.05, 4.69) is 56.9 Å². The molecule has 5 heteroatoms. The summed E-state index contributed by atoms with van der Waals surface area (Å²) in [5.74, 6) is 0. The molecule has 0 aliphatic carbocycles. The van der Waals surface area contributed by atoms with Crippen LogP contribution in [0.2, 0.25) is 0 Å². The Morgan fingerprint density at radius 3 is 2.00 bits per heavy atom. The average Bonchev–Trinajstić information content (AvgIpc) is 2.75. The second kappa shape index (κ2) is 6.00. The van der Waals surface area contributed by atoms with Crippen LogP contribution in [0.5, 0.6) is 0 Å². The highest BCUT2D eigenvalue weighted by atomic mass is 16.7. The molecule has 0 unspecified atom stereocenters. The summed E-state index contributed by atoms with van der Waals surface area (Å²) in [7, 11) is -0.304. The summed E-state index contributed by atoms with van der Waals surface area (Å²) in [5, 5.41) is 10.1. The van der Waals surface area contributed by atoms with E-state index in [9.17, 15) is 5.11 Å². The molecule has 1 N–H and O–H groups in total. The van der Waals surface area contributed by atoms with Gasteiger partial charge < -0.3 is 19.3 Å². The Hall–Kier alpha value is -1.04. The predicted octanol–water partition coefficient (Wildman–Crippen LogP) is 2.87. The number of nitrogens with zero attached hydrogens (tertiary/aromatic N) is 1. The highest BCUT2D eigenvalue weighted by Crippen LogP contribution is 2.38. The van der Waals surface area contributed by atoms with E-state index in [1.165, 1.54) is 24.9 Å². The molecule has 4 rings (SSSR count). The molecule has 25 heavy (non-hydrogen) atoms. The molecule has 3 atom stereocenters. The van der Waals surface area contributed by atoms with Gasteiger partial charge in [0.2, 0.25) is 0 Å². The molecule has 3 fully saturated rings. The third-order valence-corrected chi connectivity index (χ3v) is 6.67. The fourth-order valence-corrected chi connectivity index (χ4v) is 4.56. The lowest BCUT2D eigenvalue weighted by atomic mass is 9.78. The molecule has 1 aromatic carbocycles. The normalized spacial score (nSPS) is 33.6. The van der Waals surface area contributed by atoms with Gasteiger partial charge in [-0.25, -0.2) is 0 Å². The SMILES string of the molecule is CC1(C)OB(c2ccc(N3[C@@H]4CCC[C@H]3C[C@H](O)C4)cc2)OC1(C)C. The van der Waals surface area contributed by atoms with E-state index in [0.29, 0.717) is 12.1 Å². The van der Waals surface area contributed by atoms with Crippen molar-refractivity contribution in [1.82, 2.24) is 0 Å². The molecule has 0 amide bonds. The van der Waals surface area contributed by atoms with Crippen molar-refractivity contribution >= 4 is 18.3 Å². The van der Waals surface area contributed by atoms with Gasteiger partial charge in [0, 0.05) is 17.8 Å². The second-order valence-electron chi connectivity index (χ2n) is 8.95. The third-order valence-electron chi connectivity index (χ3n) is 6.67. The van der Waals surface area contributed by atoms with E-state index in [0.717, 1.165) is 18.3 Å². The Bertz CT molecular complexity index is 600. The number of benzene rings is 1. The zero-order chi connectivity index (χ0) is 17.8. The Balaban J connectivity index is 1.53. The molecule has 1 aromatic rings. The van der Waals surface area contributed by atoms with Gasteiger partial charge in [-0.3, -0.25) is 0 Å². The molecule has 4 nitrogen and oxygen atoms in total. The number of rotatable bonds is 2. The summed E-state index contributed by atoms with van der Waals surface area (Å²) in [6.45, 7) is 8.34. The van der Waals surface area contributed by atoms with Crippen LogP contribution in [-0.2, 0) is 9.31 Å². The number of aliphatic hydroxyl groups excluding tert-OH is 1. The number of aliphatic hydroxyl groups is 1. The predicted molar refractivity (Wildman–Crippen MR) is 101 cm³/mol. The zero-order valence-corrected chi connectivity index (χ0v) is 15.9. The smallest absolute Gasteiger partial charge is 0.399 e. The fourth-order valence-electron chi connectivity index (χ4n) is 4.56. The first-order valence-electron chi connectivity index (χ1n) is 9.69. The van der Waals surface area contributed by atoms with Gasteiger partial charge in [0.15, 0.2) is 0 Å². The molecular formula is C20H30BNO3. The molecule has 0 saturated carbocycles. The van der Waals surface area contributed by atoms with Crippen molar-refractivity contribution in [3.63, 3.8) is 0 Å². The number of anilines is 1. The van der Waals surface area contributed by atoms with Crippen LogP contribution in [0.1, 0.15) is 59.8 Å². The minimum atomic E-state index is -0.309. The molecule has 0 aromatic heterocycles. The van der Waals surface area contributed by atoms with Gasteiger partial charge in [-0.15, -0.1) is 0 Å². The Labute approximate surface area is 151 Å². The van der Waals surface area contributed by atoms with Crippen LogP contribution in [0.4, 0.5) is 5.69 Å². The lowest BCUT2D eigenvalue weighted by molar-refractivity contribution is 0.00578. The summed E-state index contributed by atoms with van der Waals surface area (Å²) in [6, 6.07) is 9.62. The van der Waals surface area contributed by atoms with E-state index in [1.54, 1.807) is 0 Å². The topological polar surface area (TPSA) is 41.9 Å². The summed E-state index contributed by atoms with van der Waals surface area (Å²) in [4.78, 5) is 2.55. The van der Waals surface area contributed by atoms with Crippen LogP contribution >= 0.6 is 0 Å². The molecule has 0 spiro atoms. The van der Waals surface area contributed by atoms with E-state index < -0.39 is 0 Å². The highest BCUT2D eigenvalue weighted by Gasteiger charge is 2.51. The highest BCUT2D eigenvalue weighted by molar-refractivity contribution is 6.62. The van der Waals surface area contributed by atoms with Crippen LogP contribution < -0.4 is 10.4 Å². The van der Waals surface area contributed by atoms with Gasteiger partial charge in [0.05, 0.1) is 17.3 Å². The first-order valence-corrected chi connectivity index (χ1v) is 9.69. The van der Waals surface area contributed by atoms with Crippen molar-refractivity contribution in [3.8, 4) is 0 Å². The monoisotopic (exact) mass is 343 g/mol. The van der Waals surface area contributed by atoms with Gasteiger partial charge in [-0.05, 0) is 77.4 Å². The van der Waals surface area contributed by atoms with E-state index >= 15 is 0 Å². The van der Waals surface area contributed by atoms with Crippen LogP contribution in [0.15, 0.2) is 24.3 Å². The fraction of sp³-hybridized carbons (Fsp3) is 0.700. The molecule has 3 aliphatic heterocycles. The second-order valence-corrected chi connectivity index (χ2v) is 8.95. The van der Waals surface area contributed by atoms with Gasteiger partial charge in [0.1, 0.15) is 0 Å². The van der Waals surface area contributed by atoms with Crippen LogP contribution in [0.3, 0.4) is 0 Å². The van der Waals surface area contributed by atoms with Crippen LogP contribution in [0, 0.1) is 0 Å². The minimum absolute atomic E-state index is 0.129. The van der Waals surface area contributed by atoms with Crippen molar-refractivity contribution in [2.45, 2.75) is 89.2 Å². The standard InChI is InChI=1S/C20H30BNO3/c1-19(2)20(3,4)25-21(24-19)14-8-10-15(11-9-14)22-16-6-5-7-17(22)13-18(23)12-16/h8-11,16-18,23H,5-7,12-13H2,1-4H3/t16-,17+,18-. The van der Waals surface area contributed by atoms with Gasteiger partial charge >= 0.3 is 7.12 Å². The first kappa shape index (κ1) is 17.4. The zero-order valence-electron chi connectivity index (χ0n) is 15.9. The third kappa shape index (κ3) is 3.00.